The van der Waals surface area contributed by atoms with Gasteiger partial charge in [-0.2, -0.15) is 0 Å². The normalized spacial score (nSPS) is 15.1. The van der Waals surface area contributed by atoms with Crippen molar-refractivity contribution in [2.75, 3.05) is 0 Å². The lowest BCUT2D eigenvalue weighted by molar-refractivity contribution is -0.138. The van der Waals surface area contributed by atoms with Crippen LogP contribution in [-0.2, 0) is 32.3 Å². The molecule has 0 saturated carbocycles. The lowest BCUT2D eigenvalue weighted by Gasteiger charge is -2.30. The predicted octanol–water partition coefficient (Wildman–Crippen LogP) is 8.02. The van der Waals surface area contributed by atoms with E-state index < -0.39 is 45.5 Å². The molecule has 8 aromatic carbocycles. The van der Waals surface area contributed by atoms with Gasteiger partial charge in [-0.25, -0.2) is 29.5 Å². The van der Waals surface area contributed by atoms with E-state index in [1.807, 2.05) is 109 Å². The van der Waals surface area contributed by atoms with Gasteiger partial charge in [0.25, 0.3) is 0 Å². The van der Waals surface area contributed by atoms with Crippen molar-refractivity contribution in [1.82, 2.24) is 9.97 Å². The zero-order valence-corrected chi connectivity index (χ0v) is 36.9. The van der Waals surface area contributed by atoms with Crippen LogP contribution in [-0.4, -0.2) is 21.9 Å². The summed E-state index contributed by atoms with van der Waals surface area (Å²) in [6.45, 7) is -0.0831. The number of aromatic nitrogens is 2. The third-order valence-corrected chi connectivity index (χ3v) is 14.5. The van der Waals surface area contributed by atoms with Crippen LogP contribution < -0.4 is 32.4 Å². The van der Waals surface area contributed by atoms with E-state index >= 15 is 0 Å². The highest BCUT2D eigenvalue weighted by Crippen LogP contribution is 2.54. The molecule has 12 rings (SSSR count). The van der Waals surface area contributed by atoms with Gasteiger partial charge in [-0.1, -0.05) is 144 Å². The maximum Gasteiger partial charge on any atom is 0.340 e. The molecule has 2 aromatic heterocycles. The number of nitrogens with zero attached hydrogens (tertiary/aromatic N) is 4. The fourth-order valence-corrected chi connectivity index (χ4v) is 11.2. The predicted molar refractivity (Wildman–Crippen MR) is 261 cm³/mol. The Morgan fingerprint density at radius 2 is 0.794 bits per heavy atom. The summed E-state index contributed by atoms with van der Waals surface area (Å²) in [5, 5.41) is 3.62. The van der Waals surface area contributed by atoms with Gasteiger partial charge in [0.1, 0.15) is 13.2 Å². The molecule has 0 aliphatic heterocycles. The van der Waals surface area contributed by atoms with Crippen molar-refractivity contribution in [3.8, 4) is 0 Å². The second-order valence-electron chi connectivity index (χ2n) is 16.5. The van der Waals surface area contributed by atoms with Crippen molar-refractivity contribution in [3.63, 3.8) is 0 Å². The summed E-state index contributed by atoms with van der Waals surface area (Å²) in [7, 11) is 0. The SMILES string of the molecule is O=C(OCc1ccccc1)C1=CC2c3sc(N=c4c(=O)c5cc6ccccc6cc5c4=O)nc3C(C(=O)OCc3ccccc3)=CC2c2sc(N=c3c(=O)c4cc5ccccc5cc4c3=O)nc21. The monoisotopic (exact) mass is 926 g/mol. The summed E-state index contributed by atoms with van der Waals surface area (Å²) < 4.78 is 11.7. The quantitative estimate of drug-likeness (QED) is 0.136. The molecular weight excluding hydrogens is 897 g/mol. The standard InChI is InChI=1S/C54H30N4O8S2/c59-45-33-19-29-15-7-8-16-30(29)20-34(33)46(60)43(45)57-53-55-41-39(51(63)65-25-27-11-3-1-4-12-27)23-37-38(49(41)67-53)24-40(52(64)66-26-28-13-5-2-6-14-28)42-50(37)68-54(56-42)58-44-47(61)35-21-31-17-9-10-18-32(31)22-36(35)48(44)62/h1-24,37-38H,25-26H2. The van der Waals surface area contributed by atoms with Crippen LogP contribution in [0.1, 0.15) is 44.1 Å². The second-order valence-corrected chi connectivity index (χ2v) is 18.5. The molecule has 0 amide bonds. The van der Waals surface area contributed by atoms with E-state index in [0.717, 1.165) is 55.3 Å². The van der Waals surface area contributed by atoms with Gasteiger partial charge in [0.05, 0.1) is 22.5 Å². The number of benzene rings is 6. The Balaban J connectivity index is 1.02. The molecule has 68 heavy (non-hydrogen) atoms. The van der Waals surface area contributed by atoms with Crippen LogP contribution >= 0.6 is 22.7 Å². The summed E-state index contributed by atoms with van der Waals surface area (Å²) in [5.74, 6) is -2.72. The maximum absolute atomic E-state index is 14.3. The molecule has 12 nitrogen and oxygen atoms in total. The molecule has 2 atom stereocenters. The van der Waals surface area contributed by atoms with Gasteiger partial charge >= 0.3 is 11.9 Å². The summed E-state index contributed by atoms with van der Waals surface area (Å²) in [4.78, 5) is 104. The van der Waals surface area contributed by atoms with E-state index in [1.54, 1.807) is 36.4 Å². The van der Waals surface area contributed by atoms with Gasteiger partial charge in [0, 0.05) is 43.1 Å². The summed E-state index contributed by atoms with van der Waals surface area (Å²) in [6, 6.07) is 40.0. The number of rotatable bonds is 8. The third kappa shape index (κ3) is 6.88. The van der Waals surface area contributed by atoms with Crippen molar-refractivity contribution in [1.29, 1.82) is 0 Å². The number of carbonyl (C=O) groups is 2. The van der Waals surface area contributed by atoms with E-state index in [9.17, 15) is 28.8 Å². The summed E-state index contributed by atoms with van der Waals surface area (Å²) >= 11 is 2.15. The highest BCUT2D eigenvalue weighted by molar-refractivity contribution is 7.16. The first kappa shape index (κ1) is 41.0. The van der Waals surface area contributed by atoms with Crippen LogP contribution in [0.4, 0.5) is 10.3 Å². The van der Waals surface area contributed by atoms with Gasteiger partial charge in [-0.3, -0.25) is 19.2 Å². The summed E-state index contributed by atoms with van der Waals surface area (Å²) in [6.07, 6.45) is 3.40. The Kier molecular flexibility index (Phi) is 9.74. The van der Waals surface area contributed by atoms with Gasteiger partial charge in [0.2, 0.25) is 32.0 Å². The minimum atomic E-state index is -0.693. The molecule has 2 aliphatic rings. The first-order chi connectivity index (χ1) is 33.2. The lowest BCUT2D eigenvalue weighted by Crippen LogP contribution is -2.31. The van der Waals surface area contributed by atoms with Crippen LogP contribution in [0.2, 0.25) is 0 Å². The zero-order valence-electron chi connectivity index (χ0n) is 35.3. The van der Waals surface area contributed by atoms with Gasteiger partial charge in [0.15, 0.2) is 10.7 Å². The topological polar surface area (TPSA) is 171 Å². The number of ether oxygens (including phenoxy) is 2. The Labute approximate surface area is 390 Å². The van der Waals surface area contributed by atoms with Gasteiger partial charge in [-0.15, -0.1) is 0 Å². The van der Waals surface area contributed by atoms with Crippen LogP contribution in [0.15, 0.2) is 175 Å². The number of thiazole rings is 2. The molecular formula is C54H30N4O8S2. The molecule has 2 aliphatic carbocycles. The van der Waals surface area contributed by atoms with Gasteiger partial charge in [-0.05, 0) is 56.9 Å². The van der Waals surface area contributed by atoms with E-state index in [0.29, 0.717) is 9.75 Å². The fraction of sp³-hybridized carbons (Fsp3) is 0.0741. The molecule has 0 saturated heterocycles. The average molecular weight is 927 g/mol. The first-order valence-corrected chi connectivity index (χ1v) is 23.1. The summed E-state index contributed by atoms with van der Waals surface area (Å²) in [5.41, 5.74) is -0.0432. The smallest absolute Gasteiger partial charge is 0.340 e. The Hall–Kier alpha value is -8.46. The molecule has 0 fully saturated rings. The van der Waals surface area contributed by atoms with Crippen molar-refractivity contribution >= 4 is 99.1 Å². The van der Waals surface area contributed by atoms with Crippen LogP contribution in [0.25, 0.3) is 54.2 Å². The Morgan fingerprint density at radius 3 is 1.13 bits per heavy atom. The van der Waals surface area contributed by atoms with Crippen LogP contribution in [0.5, 0.6) is 0 Å². The molecule has 0 spiro atoms. The number of hydrogen-bond acceptors (Lipinski definition) is 14. The fourth-order valence-electron chi connectivity index (χ4n) is 9.05. The van der Waals surface area contributed by atoms with E-state index in [4.69, 9.17) is 19.4 Å². The van der Waals surface area contributed by atoms with Gasteiger partial charge < -0.3 is 9.47 Å². The average Bonchev–Trinajstić information content (AvgIpc) is 4.11. The molecule has 14 heteroatoms. The second kappa shape index (κ2) is 16.2. The molecule has 0 N–H and O–H groups in total. The van der Waals surface area contributed by atoms with Crippen molar-refractivity contribution < 1.29 is 19.1 Å². The largest absolute Gasteiger partial charge is 0.457 e. The van der Waals surface area contributed by atoms with Crippen molar-refractivity contribution in [3.05, 3.63) is 229 Å². The lowest BCUT2D eigenvalue weighted by atomic mass is 9.76. The first-order valence-electron chi connectivity index (χ1n) is 21.5. The highest BCUT2D eigenvalue weighted by Gasteiger charge is 2.43. The molecule has 0 bridgehead atoms. The Morgan fingerprint density at radius 1 is 0.471 bits per heavy atom. The van der Waals surface area contributed by atoms with E-state index in [1.165, 1.54) is 0 Å². The number of fused-ring (bicyclic) bond motifs is 9. The molecule has 0 radical (unpaired) electrons. The highest BCUT2D eigenvalue weighted by atomic mass is 32.1. The number of allylic oxidation sites excluding steroid dienone is 2. The van der Waals surface area contributed by atoms with E-state index in [2.05, 4.69) is 9.98 Å². The molecule has 2 unspecified atom stereocenters. The molecule has 10 aromatic rings. The van der Waals surface area contributed by atoms with Crippen molar-refractivity contribution in [2.24, 2.45) is 9.98 Å². The molecule has 326 valence electrons. The Bertz CT molecular complexity index is 3780. The number of carbonyl (C=O) groups excluding carboxylic acids is 2. The zero-order chi connectivity index (χ0) is 46.2. The van der Waals surface area contributed by atoms with Crippen molar-refractivity contribution in [2.45, 2.75) is 25.0 Å². The maximum atomic E-state index is 14.3. The minimum absolute atomic E-state index is 0.0416. The third-order valence-electron chi connectivity index (χ3n) is 12.4. The van der Waals surface area contributed by atoms with Crippen LogP contribution in [0.3, 0.4) is 0 Å². The van der Waals surface area contributed by atoms with E-state index in [-0.39, 0.29) is 78.3 Å². The molecule has 2 heterocycles. The van der Waals surface area contributed by atoms with Crippen LogP contribution in [0, 0.1) is 0 Å². The number of hydrogen-bond donors (Lipinski definition) is 0. The minimum Gasteiger partial charge on any atom is -0.457 e. The number of esters is 2.